The van der Waals surface area contributed by atoms with Crippen LogP contribution in [0.4, 0.5) is 4.79 Å². The minimum absolute atomic E-state index is 0.0678. The lowest BCUT2D eigenvalue weighted by atomic mass is 9.99. The zero-order valence-corrected chi connectivity index (χ0v) is 13.5. The van der Waals surface area contributed by atoms with E-state index in [0.29, 0.717) is 6.54 Å². The van der Waals surface area contributed by atoms with Gasteiger partial charge in [0.15, 0.2) is 0 Å². The Balaban J connectivity index is 4.67. The smallest absolute Gasteiger partial charge is 0.326 e. The fraction of sp³-hybridized carbons (Fsp3) is 0.867. The molecule has 118 valence electrons. The summed E-state index contributed by atoms with van der Waals surface area (Å²) in [6, 6.07) is -1.03. The van der Waals surface area contributed by atoms with Crippen LogP contribution in [-0.4, -0.2) is 40.6 Å². The molecule has 0 heterocycles. The van der Waals surface area contributed by atoms with Crippen LogP contribution < -0.4 is 5.32 Å². The number of nitrogens with one attached hydrogen (secondary N) is 1. The van der Waals surface area contributed by atoms with Gasteiger partial charge in [0, 0.05) is 12.6 Å². The Morgan fingerprint density at radius 2 is 1.75 bits per heavy atom. The standard InChI is InChI=1S/C15H30N2O3/c1-6-8-9-10-17(11(3)4)15(20)16-13(14(18)19)12(5)7-2/h11-13H,6-10H2,1-5H3,(H,16,20)(H,18,19). The van der Waals surface area contributed by atoms with Gasteiger partial charge in [-0.1, -0.05) is 40.0 Å². The SMILES string of the molecule is CCCCCN(C(=O)NC(C(=O)O)C(C)CC)C(C)C. The fourth-order valence-electron chi connectivity index (χ4n) is 2.03. The van der Waals surface area contributed by atoms with E-state index in [1.807, 2.05) is 27.7 Å². The van der Waals surface area contributed by atoms with E-state index in [2.05, 4.69) is 12.2 Å². The molecule has 20 heavy (non-hydrogen) atoms. The van der Waals surface area contributed by atoms with Crippen molar-refractivity contribution < 1.29 is 14.7 Å². The highest BCUT2D eigenvalue weighted by atomic mass is 16.4. The number of rotatable bonds is 9. The molecule has 0 bridgehead atoms. The van der Waals surface area contributed by atoms with Crippen molar-refractivity contribution in [3.05, 3.63) is 0 Å². The maximum absolute atomic E-state index is 12.3. The molecule has 0 saturated heterocycles. The van der Waals surface area contributed by atoms with Crippen LogP contribution in [0, 0.1) is 5.92 Å². The number of urea groups is 1. The molecular weight excluding hydrogens is 256 g/mol. The summed E-state index contributed by atoms with van der Waals surface area (Å²) >= 11 is 0. The van der Waals surface area contributed by atoms with Crippen LogP contribution in [0.2, 0.25) is 0 Å². The average molecular weight is 286 g/mol. The van der Waals surface area contributed by atoms with Crippen LogP contribution in [0.15, 0.2) is 0 Å². The predicted octanol–water partition coefficient (Wildman–Crippen LogP) is 3.10. The molecule has 0 spiro atoms. The highest BCUT2D eigenvalue weighted by Crippen LogP contribution is 2.10. The average Bonchev–Trinajstić information content (AvgIpc) is 2.39. The summed E-state index contributed by atoms with van der Waals surface area (Å²) < 4.78 is 0. The molecule has 0 rings (SSSR count). The van der Waals surface area contributed by atoms with Gasteiger partial charge in [0.05, 0.1) is 0 Å². The summed E-state index contributed by atoms with van der Waals surface area (Å²) in [6.07, 6.45) is 3.83. The first kappa shape index (κ1) is 18.7. The van der Waals surface area contributed by atoms with Crippen LogP contribution in [0.5, 0.6) is 0 Å². The van der Waals surface area contributed by atoms with Crippen LogP contribution in [-0.2, 0) is 4.79 Å². The largest absolute Gasteiger partial charge is 0.480 e. The van der Waals surface area contributed by atoms with Gasteiger partial charge in [-0.15, -0.1) is 0 Å². The third-order valence-electron chi connectivity index (χ3n) is 3.64. The highest BCUT2D eigenvalue weighted by molar-refractivity contribution is 5.82. The lowest BCUT2D eigenvalue weighted by Crippen LogP contribution is -2.52. The Labute approximate surface area is 122 Å². The molecule has 0 aliphatic rings. The number of nitrogens with zero attached hydrogens (tertiary/aromatic N) is 1. The van der Waals surface area contributed by atoms with Crippen molar-refractivity contribution in [2.24, 2.45) is 5.92 Å². The molecule has 0 aromatic heterocycles. The number of unbranched alkanes of at least 4 members (excludes halogenated alkanes) is 2. The van der Waals surface area contributed by atoms with E-state index < -0.39 is 12.0 Å². The molecule has 2 amide bonds. The van der Waals surface area contributed by atoms with Gasteiger partial charge in [-0.25, -0.2) is 9.59 Å². The van der Waals surface area contributed by atoms with E-state index in [9.17, 15) is 14.7 Å². The van der Waals surface area contributed by atoms with E-state index in [1.54, 1.807) is 4.90 Å². The van der Waals surface area contributed by atoms with E-state index >= 15 is 0 Å². The van der Waals surface area contributed by atoms with Crippen molar-refractivity contribution in [1.82, 2.24) is 10.2 Å². The monoisotopic (exact) mass is 286 g/mol. The zero-order valence-electron chi connectivity index (χ0n) is 13.5. The van der Waals surface area contributed by atoms with E-state index in [-0.39, 0.29) is 18.0 Å². The molecule has 2 atom stereocenters. The summed E-state index contributed by atoms with van der Waals surface area (Å²) in [6.45, 7) is 10.5. The lowest BCUT2D eigenvalue weighted by Gasteiger charge is -2.30. The summed E-state index contributed by atoms with van der Waals surface area (Å²) in [7, 11) is 0. The molecule has 5 nitrogen and oxygen atoms in total. The molecule has 0 aromatic carbocycles. The fourth-order valence-corrected chi connectivity index (χ4v) is 2.03. The van der Waals surface area contributed by atoms with Crippen LogP contribution in [0.25, 0.3) is 0 Å². The Hall–Kier alpha value is -1.26. The normalized spacial score (nSPS) is 13.9. The third-order valence-corrected chi connectivity index (χ3v) is 3.64. The van der Waals surface area contributed by atoms with Crippen LogP contribution in [0.3, 0.4) is 0 Å². The maximum Gasteiger partial charge on any atom is 0.326 e. The predicted molar refractivity (Wildman–Crippen MR) is 80.8 cm³/mol. The first-order valence-electron chi connectivity index (χ1n) is 7.65. The third kappa shape index (κ3) is 6.26. The lowest BCUT2D eigenvalue weighted by molar-refractivity contribution is -0.140. The maximum atomic E-state index is 12.3. The van der Waals surface area contributed by atoms with E-state index in [1.165, 1.54) is 0 Å². The highest BCUT2D eigenvalue weighted by Gasteiger charge is 2.28. The molecular formula is C15H30N2O3. The van der Waals surface area contributed by atoms with Gasteiger partial charge in [0.2, 0.25) is 0 Å². The Morgan fingerprint density at radius 1 is 1.15 bits per heavy atom. The summed E-state index contributed by atoms with van der Waals surface area (Å²) in [5, 5.41) is 11.9. The Kier molecular flexibility index (Phi) is 9.01. The number of carbonyl (C=O) groups is 2. The number of aliphatic carboxylic acids is 1. The molecule has 0 aliphatic carbocycles. The molecule has 2 N–H and O–H groups in total. The first-order chi connectivity index (χ1) is 9.34. The van der Waals surface area contributed by atoms with Crippen molar-refractivity contribution in [3.8, 4) is 0 Å². The summed E-state index contributed by atoms with van der Waals surface area (Å²) in [5.41, 5.74) is 0. The topological polar surface area (TPSA) is 69.6 Å². The Morgan fingerprint density at radius 3 is 2.15 bits per heavy atom. The molecule has 5 heteroatoms. The quantitative estimate of drug-likeness (QED) is 0.640. The van der Waals surface area contributed by atoms with Crippen LogP contribution in [0.1, 0.15) is 60.3 Å². The Bertz CT molecular complexity index is 305. The van der Waals surface area contributed by atoms with Gasteiger partial charge in [-0.2, -0.15) is 0 Å². The number of carbonyl (C=O) groups excluding carboxylic acids is 1. The van der Waals surface area contributed by atoms with Gasteiger partial charge in [0.25, 0.3) is 0 Å². The minimum Gasteiger partial charge on any atom is -0.480 e. The number of hydrogen-bond donors (Lipinski definition) is 2. The molecule has 0 fully saturated rings. The second-order valence-electron chi connectivity index (χ2n) is 5.65. The minimum atomic E-state index is -0.968. The van der Waals surface area contributed by atoms with Crippen molar-refractivity contribution in [1.29, 1.82) is 0 Å². The number of amides is 2. The number of hydrogen-bond acceptors (Lipinski definition) is 2. The second kappa shape index (κ2) is 9.61. The molecule has 0 radical (unpaired) electrons. The summed E-state index contributed by atoms with van der Waals surface area (Å²) in [5.74, 6) is -1.05. The van der Waals surface area contributed by atoms with Gasteiger partial charge in [0.1, 0.15) is 6.04 Å². The van der Waals surface area contributed by atoms with E-state index in [0.717, 1.165) is 25.7 Å². The number of carboxylic acid groups (broad SMARTS) is 1. The molecule has 2 unspecified atom stereocenters. The van der Waals surface area contributed by atoms with Gasteiger partial charge in [-0.05, 0) is 26.2 Å². The van der Waals surface area contributed by atoms with Crippen molar-refractivity contribution in [2.75, 3.05) is 6.54 Å². The van der Waals surface area contributed by atoms with Crippen LogP contribution >= 0.6 is 0 Å². The van der Waals surface area contributed by atoms with Gasteiger partial charge < -0.3 is 15.3 Å². The zero-order chi connectivity index (χ0) is 15.7. The molecule has 0 saturated carbocycles. The molecule has 0 aliphatic heterocycles. The molecule has 0 aromatic rings. The summed E-state index contributed by atoms with van der Waals surface area (Å²) in [4.78, 5) is 25.2. The second-order valence-corrected chi connectivity index (χ2v) is 5.65. The van der Waals surface area contributed by atoms with Gasteiger partial charge in [-0.3, -0.25) is 0 Å². The van der Waals surface area contributed by atoms with Crippen molar-refractivity contribution >= 4 is 12.0 Å². The van der Waals surface area contributed by atoms with Crippen molar-refractivity contribution in [3.63, 3.8) is 0 Å². The first-order valence-corrected chi connectivity index (χ1v) is 7.65. The number of carboxylic acids is 1. The van der Waals surface area contributed by atoms with Gasteiger partial charge >= 0.3 is 12.0 Å². The van der Waals surface area contributed by atoms with E-state index in [4.69, 9.17) is 0 Å². The van der Waals surface area contributed by atoms with Crippen molar-refractivity contribution in [2.45, 2.75) is 72.4 Å².